The number of halogens is 1. The van der Waals surface area contributed by atoms with Crippen molar-refractivity contribution in [2.45, 2.75) is 13.0 Å². The van der Waals surface area contributed by atoms with Crippen LogP contribution in [0.1, 0.15) is 6.92 Å². The number of hydrogen-bond donors (Lipinski definition) is 2. The molecule has 0 saturated carbocycles. The number of benzene rings is 2. The molecule has 0 spiro atoms. The highest BCUT2D eigenvalue weighted by Crippen LogP contribution is 2.18. The van der Waals surface area contributed by atoms with Crippen LogP contribution in [0.15, 0.2) is 48.5 Å². The van der Waals surface area contributed by atoms with Gasteiger partial charge in [-0.25, -0.2) is 0 Å². The van der Waals surface area contributed by atoms with Gasteiger partial charge < -0.3 is 10.6 Å². The van der Waals surface area contributed by atoms with Gasteiger partial charge in [0.2, 0.25) is 5.91 Å². The molecule has 22 heavy (non-hydrogen) atoms. The maximum absolute atomic E-state index is 12.1. The third-order valence-electron chi connectivity index (χ3n) is 2.93. The van der Waals surface area contributed by atoms with Gasteiger partial charge in [0.15, 0.2) is 0 Å². The molecule has 0 heterocycles. The molecule has 0 bridgehead atoms. The summed E-state index contributed by atoms with van der Waals surface area (Å²) in [6.45, 7) is 1.73. The molecule has 2 N–H and O–H groups in total. The molecule has 0 aliphatic heterocycles. The van der Waals surface area contributed by atoms with Crippen molar-refractivity contribution in [1.82, 2.24) is 0 Å². The molecule has 6 nitrogen and oxygen atoms in total. The van der Waals surface area contributed by atoms with Gasteiger partial charge in [-0.1, -0.05) is 12.1 Å². The zero-order valence-corrected chi connectivity index (χ0v) is 13.9. The van der Waals surface area contributed by atoms with Crippen LogP contribution in [0.25, 0.3) is 0 Å². The van der Waals surface area contributed by atoms with Gasteiger partial charge in [-0.15, -0.1) is 0 Å². The first kappa shape index (κ1) is 16.2. The molecule has 0 radical (unpaired) electrons. The van der Waals surface area contributed by atoms with Crippen LogP contribution in [-0.4, -0.2) is 16.9 Å². The van der Waals surface area contributed by atoms with Crippen molar-refractivity contribution in [2.24, 2.45) is 0 Å². The zero-order chi connectivity index (χ0) is 16.1. The van der Waals surface area contributed by atoms with E-state index in [1.807, 2.05) is 24.3 Å². The topological polar surface area (TPSA) is 84.3 Å². The van der Waals surface area contributed by atoms with Crippen molar-refractivity contribution >= 4 is 45.6 Å². The smallest absolute Gasteiger partial charge is 0.271 e. The van der Waals surface area contributed by atoms with Crippen LogP contribution in [0.3, 0.4) is 0 Å². The van der Waals surface area contributed by atoms with Crippen LogP contribution < -0.4 is 10.6 Å². The van der Waals surface area contributed by atoms with Gasteiger partial charge in [0.25, 0.3) is 5.69 Å². The summed E-state index contributed by atoms with van der Waals surface area (Å²) >= 11 is 2.19. The SMILES string of the molecule is CC(Nc1cccc(I)c1)C(=O)Nc1cccc([N+](=O)[O-])c1. The monoisotopic (exact) mass is 411 g/mol. The third-order valence-corrected chi connectivity index (χ3v) is 3.60. The maximum atomic E-state index is 12.1. The van der Waals surface area contributed by atoms with E-state index in [0.29, 0.717) is 5.69 Å². The Morgan fingerprint density at radius 3 is 2.55 bits per heavy atom. The van der Waals surface area contributed by atoms with E-state index in [1.165, 1.54) is 18.2 Å². The van der Waals surface area contributed by atoms with E-state index in [9.17, 15) is 14.9 Å². The summed E-state index contributed by atoms with van der Waals surface area (Å²) in [4.78, 5) is 22.4. The highest BCUT2D eigenvalue weighted by Gasteiger charge is 2.14. The highest BCUT2D eigenvalue weighted by atomic mass is 127. The van der Waals surface area contributed by atoms with E-state index in [0.717, 1.165) is 9.26 Å². The van der Waals surface area contributed by atoms with Crippen molar-refractivity contribution in [3.05, 3.63) is 62.2 Å². The fourth-order valence-corrected chi connectivity index (χ4v) is 2.38. The fourth-order valence-electron chi connectivity index (χ4n) is 1.84. The maximum Gasteiger partial charge on any atom is 0.271 e. The van der Waals surface area contributed by atoms with Crippen LogP contribution in [0.2, 0.25) is 0 Å². The molecule has 1 unspecified atom stereocenters. The Labute approximate surface area is 141 Å². The van der Waals surface area contributed by atoms with Crippen molar-refractivity contribution < 1.29 is 9.72 Å². The molecule has 2 rings (SSSR count). The minimum Gasteiger partial charge on any atom is -0.374 e. The van der Waals surface area contributed by atoms with E-state index in [4.69, 9.17) is 0 Å². The summed E-state index contributed by atoms with van der Waals surface area (Å²) in [6.07, 6.45) is 0. The number of anilines is 2. The predicted octanol–water partition coefficient (Wildman–Crippen LogP) is 3.64. The quantitative estimate of drug-likeness (QED) is 0.447. The standard InChI is InChI=1S/C15H14IN3O3/c1-10(17-12-5-2-4-11(16)8-12)15(20)18-13-6-3-7-14(9-13)19(21)22/h2-10,17H,1H3,(H,18,20). The Bertz CT molecular complexity index is 706. The molecule has 0 fully saturated rings. The summed E-state index contributed by atoms with van der Waals surface area (Å²) in [7, 11) is 0. The minimum atomic E-state index is -0.497. The first-order valence-corrected chi connectivity index (χ1v) is 7.61. The van der Waals surface area contributed by atoms with E-state index < -0.39 is 11.0 Å². The molecule has 0 saturated heterocycles. The molecule has 0 aliphatic carbocycles. The second-order valence-corrected chi connectivity index (χ2v) is 5.92. The van der Waals surface area contributed by atoms with Gasteiger partial charge in [0.05, 0.1) is 4.92 Å². The van der Waals surface area contributed by atoms with Crippen molar-refractivity contribution in [2.75, 3.05) is 10.6 Å². The number of hydrogen-bond acceptors (Lipinski definition) is 4. The van der Waals surface area contributed by atoms with Gasteiger partial charge in [-0.05, 0) is 53.8 Å². The number of nitrogens with zero attached hydrogens (tertiary/aromatic N) is 1. The third kappa shape index (κ3) is 4.42. The fraction of sp³-hybridized carbons (Fsp3) is 0.133. The first-order chi connectivity index (χ1) is 10.5. The molecule has 0 aliphatic rings. The normalized spacial score (nSPS) is 11.5. The lowest BCUT2D eigenvalue weighted by atomic mass is 10.2. The molecule has 1 atom stereocenters. The number of non-ortho nitro benzene ring substituents is 1. The molecular weight excluding hydrogens is 397 g/mol. The number of carbonyl (C=O) groups is 1. The second kappa shape index (κ2) is 7.21. The van der Waals surface area contributed by atoms with Crippen LogP contribution in [-0.2, 0) is 4.79 Å². The average molecular weight is 411 g/mol. The summed E-state index contributed by atoms with van der Waals surface area (Å²) < 4.78 is 1.06. The number of carbonyl (C=O) groups excluding carboxylic acids is 1. The van der Waals surface area contributed by atoms with E-state index >= 15 is 0 Å². The molecule has 0 aromatic heterocycles. The van der Waals surface area contributed by atoms with Crippen molar-refractivity contribution in [3.8, 4) is 0 Å². The molecule has 2 aromatic rings. The lowest BCUT2D eigenvalue weighted by molar-refractivity contribution is -0.384. The number of nitro groups is 1. The first-order valence-electron chi connectivity index (χ1n) is 6.53. The van der Waals surface area contributed by atoms with Crippen LogP contribution in [0, 0.1) is 13.7 Å². The second-order valence-electron chi connectivity index (χ2n) is 4.67. The van der Waals surface area contributed by atoms with Gasteiger partial charge in [0, 0.05) is 27.1 Å². The predicted molar refractivity (Wildman–Crippen MR) is 94.0 cm³/mol. The van der Waals surface area contributed by atoms with Gasteiger partial charge in [-0.3, -0.25) is 14.9 Å². The van der Waals surface area contributed by atoms with Crippen molar-refractivity contribution in [3.63, 3.8) is 0 Å². The Kier molecular flexibility index (Phi) is 5.31. The molecule has 7 heteroatoms. The molecule has 2 aromatic carbocycles. The van der Waals surface area contributed by atoms with Crippen LogP contribution >= 0.6 is 22.6 Å². The zero-order valence-electron chi connectivity index (χ0n) is 11.7. The van der Waals surface area contributed by atoms with E-state index in [2.05, 4.69) is 33.2 Å². The lowest BCUT2D eigenvalue weighted by Crippen LogP contribution is -2.31. The molecule has 1 amide bonds. The summed E-state index contributed by atoms with van der Waals surface area (Å²) in [6, 6.07) is 13.0. The van der Waals surface area contributed by atoms with Gasteiger partial charge >= 0.3 is 0 Å². The van der Waals surface area contributed by atoms with Crippen LogP contribution in [0.5, 0.6) is 0 Å². The number of nitrogens with one attached hydrogen (secondary N) is 2. The van der Waals surface area contributed by atoms with E-state index in [1.54, 1.807) is 13.0 Å². The van der Waals surface area contributed by atoms with E-state index in [-0.39, 0.29) is 11.6 Å². The number of rotatable bonds is 5. The largest absolute Gasteiger partial charge is 0.374 e. The Hall–Kier alpha value is -2.16. The minimum absolute atomic E-state index is 0.0592. The molecular formula is C15H14IN3O3. The van der Waals surface area contributed by atoms with Gasteiger partial charge in [-0.2, -0.15) is 0 Å². The summed E-state index contributed by atoms with van der Waals surface area (Å²) in [5, 5.41) is 16.5. The van der Waals surface area contributed by atoms with Gasteiger partial charge in [0.1, 0.15) is 6.04 Å². The molecule has 114 valence electrons. The number of amides is 1. The highest BCUT2D eigenvalue weighted by molar-refractivity contribution is 14.1. The number of nitro benzene ring substituents is 1. The lowest BCUT2D eigenvalue weighted by Gasteiger charge is -2.15. The average Bonchev–Trinajstić information content (AvgIpc) is 2.47. The summed E-state index contributed by atoms with van der Waals surface area (Å²) in [5.74, 6) is -0.264. The Balaban J connectivity index is 2.02. The van der Waals surface area contributed by atoms with Crippen molar-refractivity contribution in [1.29, 1.82) is 0 Å². The summed E-state index contributed by atoms with van der Waals surface area (Å²) in [5.41, 5.74) is 1.18. The Morgan fingerprint density at radius 1 is 1.18 bits per heavy atom. The Morgan fingerprint density at radius 2 is 1.86 bits per heavy atom. The van der Waals surface area contributed by atoms with Crippen LogP contribution in [0.4, 0.5) is 17.1 Å².